The molecule has 0 N–H and O–H groups in total. The summed E-state index contributed by atoms with van der Waals surface area (Å²) in [5, 5.41) is 7.49. The fourth-order valence-electron chi connectivity index (χ4n) is 1.36. The summed E-state index contributed by atoms with van der Waals surface area (Å²) in [4.78, 5) is 0. The van der Waals surface area contributed by atoms with Gasteiger partial charge in [-0.1, -0.05) is 6.07 Å². The highest BCUT2D eigenvalue weighted by Crippen LogP contribution is 2.19. The van der Waals surface area contributed by atoms with Crippen LogP contribution in [0.5, 0.6) is 0 Å². The van der Waals surface area contributed by atoms with Gasteiger partial charge in [-0.2, -0.15) is 4.31 Å². The van der Waals surface area contributed by atoms with Crippen LogP contribution in [0.1, 0.15) is 5.89 Å². The predicted molar refractivity (Wildman–Crippen MR) is 66.0 cm³/mol. The van der Waals surface area contributed by atoms with Gasteiger partial charge in [0.2, 0.25) is 21.8 Å². The van der Waals surface area contributed by atoms with Gasteiger partial charge in [0.15, 0.2) is 0 Å². The Morgan fingerprint density at radius 3 is 2.74 bits per heavy atom. The van der Waals surface area contributed by atoms with Crippen molar-refractivity contribution in [1.82, 2.24) is 14.5 Å². The second-order valence-corrected chi connectivity index (χ2v) is 6.12. The predicted octanol–water partition coefficient (Wildman–Crippen LogP) is 1.27. The average molecular weight is 285 g/mol. The van der Waals surface area contributed by atoms with Crippen molar-refractivity contribution >= 4 is 10.0 Å². The maximum Gasteiger partial charge on any atom is 0.247 e. The van der Waals surface area contributed by atoms with E-state index in [2.05, 4.69) is 10.2 Å². The van der Waals surface area contributed by atoms with Crippen LogP contribution in [-0.2, 0) is 16.6 Å². The Kier molecular flexibility index (Phi) is 3.63. The molecule has 0 saturated heterocycles. The quantitative estimate of drug-likeness (QED) is 0.845. The van der Waals surface area contributed by atoms with Gasteiger partial charge in [0.05, 0.1) is 12.8 Å². The number of hydrogen-bond acceptors (Lipinski definition) is 5. The van der Waals surface area contributed by atoms with Crippen LogP contribution in [0, 0.1) is 5.82 Å². The minimum Gasteiger partial charge on any atom is -0.419 e. The first-order valence-corrected chi connectivity index (χ1v) is 7.21. The van der Waals surface area contributed by atoms with Gasteiger partial charge in [0, 0.05) is 12.6 Å². The maximum atomic E-state index is 13.0. The van der Waals surface area contributed by atoms with Gasteiger partial charge in [-0.25, -0.2) is 12.8 Å². The van der Waals surface area contributed by atoms with Gasteiger partial charge in [0.25, 0.3) is 0 Å². The Balaban J connectivity index is 2.20. The Morgan fingerprint density at radius 1 is 1.37 bits per heavy atom. The van der Waals surface area contributed by atoms with E-state index in [1.165, 1.54) is 25.2 Å². The van der Waals surface area contributed by atoms with E-state index >= 15 is 0 Å². The summed E-state index contributed by atoms with van der Waals surface area (Å²) in [6.07, 6.45) is 1.08. The second-order valence-electron chi connectivity index (χ2n) is 4.03. The molecule has 19 heavy (non-hydrogen) atoms. The summed E-state index contributed by atoms with van der Waals surface area (Å²) in [6, 6.07) is 5.72. The van der Waals surface area contributed by atoms with Crippen LogP contribution in [0.25, 0.3) is 11.5 Å². The van der Waals surface area contributed by atoms with Crippen molar-refractivity contribution in [3.8, 4) is 11.5 Å². The fourth-order valence-corrected chi connectivity index (χ4v) is 1.71. The second kappa shape index (κ2) is 5.06. The third-order valence-corrected chi connectivity index (χ3v) is 3.72. The lowest BCUT2D eigenvalue weighted by atomic mass is 10.2. The average Bonchev–Trinajstić information content (AvgIpc) is 2.76. The molecule has 1 aromatic heterocycles. The van der Waals surface area contributed by atoms with Crippen molar-refractivity contribution < 1.29 is 17.2 Å². The first-order chi connectivity index (χ1) is 8.86. The highest BCUT2D eigenvalue weighted by atomic mass is 32.2. The van der Waals surface area contributed by atoms with Crippen LogP contribution in [0.2, 0.25) is 0 Å². The molecule has 1 aromatic carbocycles. The number of rotatable bonds is 4. The van der Waals surface area contributed by atoms with Gasteiger partial charge in [0.1, 0.15) is 5.82 Å². The van der Waals surface area contributed by atoms with E-state index in [1.54, 1.807) is 6.07 Å². The standard InChI is InChI=1S/C11H12FN3O3S/c1-15(19(2,16)17)7-10-13-14-11(18-10)8-4-3-5-9(12)6-8/h3-6H,7H2,1-2H3. The Hall–Kier alpha value is -1.80. The molecule has 0 atom stereocenters. The summed E-state index contributed by atoms with van der Waals surface area (Å²) in [7, 11) is -1.91. The Bertz CT molecular complexity index is 684. The summed E-state index contributed by atoms with van der Waals surface area (Å²) in [5.74, 6) is -0.117. The Morgan fingerprint density at radius 2 is 2.11 bits per heavy atom. The monoisotopic (exact) mass is 285 g/mol. The van der Waals surface area contributed by atoms with Crippen LogP contribution in [0.15, 0.2) is 28.7 Å². The first-order valence-electron chi connectivity index (χ1n) is 5.36. The van der Waals surface area contributed by atoms with E-state index in [4.69, 9.17) is 4.42 Å². The molecule has 0 saturated carbocycles. The molecular weight excluding hydrogens is 273 g/mol. The molecule has 0 radical (unpaired) electrons. The van der Waals surface area contributed by atoms with Crippen molar-refractivity contribution in [3.63, 3.8) is 0 Å². The largest absolute Gasteiger partial charge is 0.419 e. The summed E-state index contributed by atoms with van der Waals surface area (Å²) >= 11 is 0. The maximum absolute atomic E-state index is 13.0. The van der Waals surface area contributed by atoms with Gasteiger partial charge in [-0.3, -0.25) is 0 Å². The zero-order valence-corrected chi connectivity index (χ0v) is 11.2. The summed E-state index contributed by atoms with van der Waals surface area (Å²) < 4.78 is 41.9. The van der Waals surface area contributed by atoms with Crippen molar-refractivity contribution in [2.45, 2.75) is 6.54 Å². The summed E-state index contributed by atoms with van der Waals surface area (Å²) in [6.45, 7) is -0.0266. The van der Waals surface area contributed by atoms with Crippen molar-refractivity contribution in [2.75, 3.05) is 13.3 Å². The van der Waals surface area contributed by atoms with Crippen molar-refractivity contribution in [2.24, 2.45) is 0 Å². The molecule has 8 heteroatoms. The molecule has 1 heterocycles. The van der Waals surface area contributed by atoms with E-state index in [-0.39, 0.29) is 18.3 Å². The van der Waals surface area contributed by atoms with E-state index < -0.39 is 15.8 Å². The molecule has 2 rings (SSSR count). The van der Waals surface area contributed by atoms with Crippen LogP contribution in [-0.4, -0.2) is 36.2 Å². The number of sulfonamides is 1. The van der Waals surface area contributed by atoms with Crippen molar-refractivity contribution in [1.29, 1.82) is 0 Å². The molecule has 2 aromatic rings. The summed E-state index contributed by atoms with van der Waals surface area (Å²) in [5.41, 5.74) is 0.445. The lowest BCUT2D eigenvalue weighted by Crippen LogP contribution is -2.25. The molecule has 6 nitrogen and oxygen atoms in total. The minimum atomic E-state index is -3.32. The molecule has 0 amide bonds. The highest BCUT2D eigenvalue weighted by molar-refractivity contribution is 7.88. The molecule has 0 bridgehead atoms. The minimum absolute atomic E-state index is 0.0266. The molecule has 0 unspecified atom stereocenters. The normalized spacial score (nSPS) is 12.0. The highest BCUT2D eigenvalue weighted by Gasteiger charge is 2.16. The van der Waals surface area contributed by atoms with Gasteiger partial charge >= 0.3 is 0 Å². The van der Waals surface area contributed by atoms with Crippen molar-refractivity contribution in [3.05, 3.63) is 36.0 Å². The van der Waals surface area contributed by atoms with E-state index in [1.807, 2.05) is 0 Å². The van der Waals surface area contributed by atoms with Crippen LogP contribution >= 0.6 is 0 Å². The number of aromatic nitrogens is 2. The lowest BCUT2D eigenvalue weighted by Gasteiger charge is -2.10. The topological polar surface area (TPSA) is 76.3 Å². The van der Waals surface area contributed by atoms with Crippen LogP contribution < -0.4 is 0 Å². The SMILES string of the molecule is CN(Cc1nnc(-c2cccc(F)c2)o1)S(C)(=O)=O. The van der Waals surface area contributed by atoms with Crippen LogP contribution in [0.4, 0.5) is 4.39 Å². The lowest BCUT2D eigenvalue weighted by molar-refractivity contribution is 0.402. The zero-order chi connectivity index (χ0) is 14.0. The van der Waals surface area contributed by atoms with Gasteiger partial charge < -0.3 is 4.42 Å². The fraction of sp³-hybridized carbons (Fsp3) is 0.273. The molecule has 0 fully saturated rings. The zero-order valence-electron chi connectivity index (χ0n) is 10.4. The third kappa shape index (κ3) is 3.36. The molecular formula is C11H12FN3O3S. The van der Waals surface area contributed by atoms with Crippen LogP contribution in [0.3, 0.4) is 0 Å². The smallest absolute Gasteiger partial charge is 0.247 e. The van der Waals surface area contributed by atoms with Gasteiger partial charge in [-0.15, -0.1) is 10.2 Å². The molecule has 0 aliphatic carbocycles. The third-order valence-electron chi connectivity index (χ3n) is 2.46. The first kappa shape index (κ1) is 13.6. The van der Waals surface area contributed by atoms with Gasteiger partial charge in [-0.05, 0) is 18.2 Å². The van der Waals surface area contributed by atoms with E-state index in [0.29, 0.717) is 5.56 Å². The molecule has 0 spiro atoms. The number of hydrogen-bond donors (Lipinski definition) is 0. The van der Waals surface area contributed by atoms with E-state index in [0.717, 1.165) is 10.6 Å². The van der Waals surface area contributed by atoms with E-state index in [9.17, 15) is 12.8 Å². The Labute approximate surface area is 109 Å². The molecule has 0 aliphatic rings. The molecule has 102 valence electrons. The number of halogens is 1. The number of nitrogens with zero attached hydrogens (tertiary/aromatic N) is 3. The number of benzene rings is 1. The molecule has 0 aliphatic heterocycles.